The minimum absolute atomic E-state index is 0. The molecule has 3 rings (SSSR count). The molecule has 0 bridgehead atoms. The number of aryl methyl sites for hydroxylation is 1. The molecule has 2 atom stereocenters. The van der Waals surface area contributed by atoms with Gasteiger partial charge in [-0.05, 0) is 17.9 Å². The van der Waals surface area contributed by atoms with Gasteiger partial charge >= 0.3 is 0 Å². The van der Waals surface area contributed by atoms with Gasteiger partial charge in [0.25, 0.3) is 0 Å². The van der Waals surface area contributed by atoms with Gasteiger partial charge in [-0.3, -0.25) is 4.99 Å². The Morgan fingerprint density at radius 2 is 2.23 bits per heavy atom. The van der Waals surface area contributed by atoms with Crippen LogP contribution in [-0.4, -0.2) is 40.4 Å². The SMILES string of the molecule is CN=C(NCC(C)c1cccs1)NC1CCc2nc(C(C)C)nn2C1.I. The molecule has 2 N–H and O–H groups in total. The van der Waals surface area contributed by atoms with Crippen LogP contribution in [0.25, 0.3) is 0 Å². The van der Waals surface area contributed by atoms with Crippen LogP contribution in [0, 0.1) is 0 Å². The predicted octanol–water partition coefficient (Wildman–Crippen LogP) is 3.36. The van der Waals surface area contributed by atoms with Gasteiger partial charge in [0, 0.05) is 42.8 Å². The van der Waals surface area contributed by atoms with Crippen LogP contribution >= 0.6 is 35.3 Å². The van der Waals surface area contributed by atoms with Crippen LogP contribution in [0.15, 0.2) is 22.5 Å². The molecule has 144 valence electrons. The third-order valence-electron chi connectivity index (χ3n) is 4.56. The standard InChI is InChI=1S/C18H28N6S.HI/c1-12(2)17-22-16-8-7-14(11-24(16)23-17)21-18(19-4)20-10-13(3)15-6-5-9-25-15;/h5-6,9,12-14H,7-8,10-11H2,1-4H3,(H2,19,20,21);1H. The van der Waals surface area contributed by atoms with Crippen LogP contribution in [0.2, 0.25) is 0 Å². The van der Waals surface area contributed by atoms with Crippen molar-refractivity contribution in [3.05, 3.63) is 34.0 Å². The Bertz CT molecular complexity index is 709. The fourth-order valence-electron chi connectivity index (χ4n) is 3.00. The number of halogens is 1. The number of thiophene rings is 1. The molecule has 2 unspecified atom stereocenters. The van der Waals surface area contributed by atoms with E-state index in [4.69, 9.17) is 0 Å². The van der Waals surface area contributed by atoms with Crippen molar-refractivity contribution in [3.63, 3.8) is 0 Å². The molecule has 0 saturated heterocycles. The Balaban J connectivity index is 0.00000243. The van der Waals surface area contributed by atoms with Gasteiger partial charge < -0.3 is 10.6 Å². The summed E-state index contributed by atoms with van der Waals surface area (Å²) < 4.78 is 2.05. The van der Waals surface area contributed by atoms with Crippen LogP contribution in [0.3, 0.4) is 0 Å². The number of nitrogens with one attached hydrogen (secondary N) is 2. The summed E-state index contributed by atoms with van der Waals surface area (Å²) in [5.74, 6) is 3.76. The normalized spacial score (nSPS) is 18.2. The van der Waals surface area contributed by atoms with Gasteiger partial charge in [0.2, 0.25) is 0 Å². The van der Waals surface area contributed by atoms with Crippen molar-refractivity contribution >= 4 is 41.3 Å². The van der Waals surface area contributed by atoms with Gasteiger partial charge in [-0.15, -0.1) is 35.3 Å². The zero-order valence-electron chi connectivity index (χ0n) is 15.9. The largest absolute Gasteiger partial charge is 0.356 e. The number of guanidine groups is 1. The van der Waals surface area contributed by atoms with Gasteiger partial charge in [0.15, 0.2) is 11.8 Å². The number of nitrogens with zero attached hydrogens (tertiary/aromatic N) is 4. The second-order valence-electron chi connectivity index (χ2n) is 6.97. The Morgan fingerprint density at radius 1 is 1.42 bits per heavy atom. The number of fused-ring (bicyclic) bond motifs is 1. The van der Waals surface area contributed by atoms with Gasteiger partial charge in [-0.1, -0.05) is 26.8 Å². The Labute approximate surface area is 176 Å². The number of rotatable bonds is 5. The third-order valence-corrected chi connectivity index (χ3v) is 5.66. The molecule has 2 aromatic rings. The molecule has 6 nitrogen and oxygen atoms in total. The highest BCUT2D eigenvalue weighted by Crippen LogP contribution is 2.20. The van der Waals surface area contributed by atoms with Crippen LogP contribution in [-0.2, 0) is 13.0 Å². The van der Waals surface area contributed by atoms with Crippen LogP contribution in [0.1, 0.15) is 55.6 Å². The fraction of sp³-hybridized carbons (Fsp3) is 0.611. The summed E-state index contributed by atoms with van der Waals surface area (Å²) in [6.07, 6.45) is 2.01. The van der Waals surface area contributed by atoms with E-state index in [0.29, 0.717) is 17.9 Å². The minimum Gasteiger partial charge on any atom is -0.356 e. The first-order valence-corrected chi connectivity index (χ1v) is 9.89. The van der Waals surface area contributed by atoms with Crippen molar-refractivity contribution < 1.29 is 0 Å². The summed E-state index contributed by atoms with van der Waals surface area (Å²) in [4.78, 5) is 10.4. The molecule has 0 saturated carbocycles. The van der Waals surface area contributed by atoms with Gasteiger partial charge in [0.1, 0.15) is 5.82 Å². The third kappa shape index (κ3) is 5.18. The van der Waals surface area contributed by atoms with Crippen LogP contribution in [0.4, 0.5) is 0 Å². The van der Waals surface area contributed by atoms with E-state index in [-0.39, 0.29) is 24.0 Å². The first-order valence-electron chi connectivity index (χ1n) is 9.01. The number of aromatic nitrogens is 3. The average Bonchev–Trinajstić information content (AvgIpc) is 3.27. The highest BCUT2D eigenvalue weighted by molar-refractivity contribution is 14.0. The number of aliphatic imine (C=N–C) groups is 1. The lowest BCUT2D eigenvalue weighted by molar-refractivity contribution is 0.391. The average molecular weight is 488 g/mol. The van der Waals surface area contributed by atoms with E-state index >= 15 is 0 Å². The maximum Gasteiger partial charge on any atom is 0.191 e. The van der Waals surface area contributed by atoms with Crippen LogP contribution < -0.4 is 10.6 Å². The van der Waals surface area contributed by atoms with E-state index < -0.39 is 0 Å². The maximum atomic E-state index is 4.65. The van der Waals surface area contributed by atoms with Crippen LogP contribution in [0.5, 0.6) is 0 Å². The first-order chi connectivity index (χ1) is 12.1. The minimum atomic E-state index is 0. The molecule has 3 heterocycles. The molecule has 0 spiro atoms. The summed E-state index contributed by atoms with van der Waals surface area (Å²) in [6, 6.07) is 4.62. The molecule has 26 heavy (non-hydrogen) atoms. The smallest absolute Gasteiger partial charge is 0.191 e. The zero-order valence-corrected chi connectivity index (χ0v) is 19.0. The number of hydrogen-bond acceptors (Lipinski definition) is 4. The van der Waals surface area contributed by atoms with Crippen molar-refractivity contribution in [1.29, 1.82) is 0 Å². The quantitative estimate of drug-likeness (QED) is 0.385. The summed E-state index contributed by atoms with van der Waals surface area (Å²) in [5, 5.41) is 13.8. The van der Waals surface area contributed by atoms with Crippen molar-refractivity contribution in [2.45, 2.75) is 58.0 Å². The Kier molecular flexibility index (Phi) is 7.87. The molecule has 2 aromatic heterocycles. The summed E-state index contributed by atoms with van der Waals surface area (Å²) in [6.45, 7) is 8.23. The van der Waals surface area contributed by atoms with Crippen molar-refractivity contribution in [2.75, 3.05) is 13.6 Å². The van der Waals surface area contributed by atoms with Crippen molar-refractivity contribution in [2.24, 2.45) is 4.99 Å². The van der Waals surface area contributed by atoms with E-state index in [9.17, 15) is 0 Å². The highest BCUT2D eigenvalue weighted by atomic mass is 127. The van der Waals surface area contributed by atoms with E-state index in [1.807, 2.05) is 7.05 Å². The topological polar surface area (TPSA) is 67.1 Å². The second-order valence-corrected chi connectivity index (χ2v) is 7.95. The summed E-state index contributed by atoms with van der Waals surface area (Å²) >= 11 is 1.80. The maximum absolute atomic E-state index is 4.65. The lowest BCUT2D eigenvalue weighted by Crippen LogP contribution is -2.47. The van der Waals surface area contributed by atoms with Gasteiger partial charge in [-0.25, -0.2) is 9.67 Å². The zero-order chi connectivity index (χ0) is 17.8. The lowest BCUT2D eigenvalue weighted by Gasteiger charge is -2.25. The van der Waals surface area contributed by atoms with Crippen molar-refractivity contribution in [1.82, 2.24) is 25.4 Å². The predicted molar refractivity (Wildman–Crippen MR) is 119 cm³/mol. The molecule has 1 aliphatic heterocycles. The molecule has 0 amide bonds. The fourth-order valence-corrected chi connectivity index (χ4v) is 3.79. The molecule has 1 aliphatic rings. The molecule has 0 aromatic carbocycles. The van der Waals surface area contributed by atoms with E-state index in [0.717, 1.165) is 43.5 Å². The van der Waals surface area contributed by atoms with E-state index in [1.165, 1.54) is 4.88 Å². The molecular weight excluding hydrogens is 459 g/mol. The van der Waals surface area contributed by atoms with Gasteiger partial charge in [-0.2, -0.15) is 5.10 Å². The second kappa shape index (κ2) is 9.68. The van der Waals surface area contributed by atoms with E-state index in [1.54, 1.807) is 11.3 Å². The molecule has 0 aliphatic carbocycles. The Hall–Kier alpha value is -1.16. The molecule has 8 heteroatoms. The monoisotopic (exact) mass is 488 g/mol. The molecule has 0 radical (unpaired) electrons. The lowest BCUT2D eigenvalue weighted by atomic mass is 10.1. The summed E-state index contributed by atoms with van der Waals surface area (Å²) in [7, 11) is 1.83. The van der Waals surface area contributed by atoms with E-state index in [2.05, 4.69) is 68.7 Å². The summed E-state index contributed by atoms with van der Waals surface area (Å²) in [5.41, 5.74) is 0. The number of hydrogen-bond donors (Lipinski definition) is 2. The molecular formula is C18H29IN6S. The van der Waals surface area contributed by atoms with Crippen molar-refractivity contribution in [3.8, 4) is 0 Å². The highest BCUT2D eigenvalue weighted by Gasteiger charge is 2.23. The van der Waals surface area contributed by atoms with Gasteiger partial charge in [0.05, 0.1) is 6.54 Å². The first kappa shape index (κ1) is 21.1. The molecule has 0 fully saturated rings. The Morgan fingerprint density at radius 3 is 2.88 bits per heavy atom.